The fourth-order valence-electron chi connectivity index (χ4n) is 1.39. The van der Waals surface area contributed by atoms with E-state index in [-0.39, 0.29) is 17.6 Å². The molecule has 0 unspecified atom stereocenters. The van der Waals surface area contributed by atoms with E-state index in [4.69, 9.17) is 5.73 Å². The number of benzene rings is 1. The smallest absolute Gasteiger partial charge is 0.265 e. The zero-order chi connectivity index (χ0) is 13.7. The third-order valence-corrected chi connectivity index (χ3v) is 4.14. The van der Waals surface area contributed by atoms with Crippen molar-refractivity contribution in [1.29, 1.82) is 0 Å². The second-order valence-corrected chi connectivity index (χ2v) is 5.71. The van der Waals surface area contributed by atoms with E-state index in [0.717, 1.165) is 10.6 Å². The maximum atomic E-state index is 11.8. The number of carbonyl (C=O) groups excluding carboxylic acids is 2. The van der Waals surface area contributed by atoms with E-state index < -0.39 is 0 Å². The number of amides is 2. The summed E-state index contributed by atoms with van der Waals surface area (Å²) in [7, 11) is 0. The number of hydrogen-bond donors (Lipinski definition) is 2. The summed E-state index contributed by atoms with van der Waals surface area (Å²) in [5.74, 6) is -0.214. The highest BCUT2D eigenvalue weighted by Gasteiger charge is 2.06. The molecule has 2 amide bonds. The standard InChI is InChI=1S/C13H12N2O2S2/c14-12(16)8-19-10-5-3-9(4-6-10)15-13(17)11-2-1-7-18-11/h1-7H,8H2,(H2,14,16)(H,15,17). The van der Waals surface area contributed by atoms with Crippen molar-refractivity contribution < 1.29 is 9.59 Å². The van der Waals surface area contributed by atoms with Crippen molar-refractivity contribution in [3.63, 3.8) is 0 Å². The van der Waals surface area contributed by atoms with Crippen LogP contribution in [0.1, 0.15) is 9.67 Å². The van der Waals surface area contributed by atoms with Crippen LogP contribution in [0, 0.1) is 0 Å². The number of nitrogens with one attached hydrogen (secondary N) is 1. The highest BCUT2D eigenvalue weighted by molar-refractivity contribution is 8.00. The molecule has 6 heteroatoms. The molecular formula is C13H12N2O2S2. The Labute approximate surface area is 119 Å². The molecule has 1 heterocycles. The summed E-state index contributed by atoms with van der Waals surface area (Å²) in [6.07, 6.45) is 0. The Balaban J connectivity index is 1.95. The molecule has 19 heavy (non-hydrogen) atoms. The van der Waals surface area contributed by atoms with Gasteiger partial charge in [-0.3, -0.25) is 9.59 Å². The molecule has 4 nitrogen and oxygen atoms in total. The van der Waals surface area contributed by atoms with Crippen LogP contribution in [0.4, 0.5) is 5.69 Å². The zero-order valence-electron chi connectivity index (χ0n) is 9.96. The molecule has 2 rings (SSSR count). The molecule has 1 aromatic carbocycles. The molecule has 0 saturated carbocycles. The zero-order valence-corrected chi connectivity index (χ0v) is 11.6. The van der Waals surface area contributed by atoms with Crippen molar-refractivity contribution in [3.05, 3.63) is 46.7 Å². The van der Waals surface area contributed by atoms with Gasteiger partial charge in [0, 0.05) is 10.6 Å². The van der Waals surface area contributed by atoms with E-state index in [1.807, 2.05) is 23.6 Å². The molecule has 0 saturated heterocycles. The molecule has 0 bridgehead atoms. The van der Waals surface area contributed by atoms with E-state index >= 15 is 0 Å². The summed E-state index contributed by atoms with van der Waals surface area (Å²) in [5, 5.41) is 4.67. The number of thioether (sulfide) groups is 1. The van der Waals surface area contributed by atoms with Crippen LogP contribution in [0.2, 0.25) is 0 Å². The summed E-state index contributed by atoms with van der Waals surface area (Å²) in [6.45, 7) is 0. The molecule has 3 N–H and O–H groups in total. The van der Waals surface area contributed by atoms with Crippen molar-refractivity contribution in [2.75, 3.05) is 11.1 Å². The number of nitrogens with two attached hydrogens (primary N) is 1. The Morgan fingerprint density at radius 2 is 1.95 bits per heavy atom. The maximum absolute atomic E-state index is 11.8. The predicted molar refractivity (Wildman–Crippen MR) is 78.6 cm³/mol. The second kappa shape index (κ2) is 6.40. The number of carbonyl (C=O) groups is 2. The molecule has 0 radical (unpaired) electrons. The van der Waals surface area contributed by atoms with E-state index in [9.17, 15) is 9.59 Å². The molecular weight excluding hydrogens is 280 g/mol. The van der Waals surface area contributed by atoms with Crippen molar-refractivity contribution in [1.82, 2.24) is 0 Å². The first-order chi connectivity index (χ1) is 9.15. The third-order valence-electron chi connectivity index (χ3n) is 2.24. The fraction of sp³-hybridized carbons (Fsp3) is 0.0769. The van der Waals surface area contributed by atoms with Crippen molar-refractivity contribution in [2.24, 2.45) is 5.73 Å². The first-order valence-corrected chi connectivity index (χ1v) is 7.38. The predicted octanol–water partition coefficient (Wildman–Crippen LogP) is 2.58. The Kier molecular flexibility index (Phi) is 4.59. The van der Waals surface area contributed by atoms with Crippen molar-refractivity contribution in [3.8, 4) is 0 Å². The molecule has 0 spiro atoms. The normalized spacial score (nSPS) is 10.1. The fourth-order valence-corrected chi connectivity index (χ4v) is 2.65. The third kappa shape index (κ3) is 4.11. The Hall–Kier alpha value is -1.79. The summed E-state index contributed by atoms with van der Waals surface area (Å²) in [4.78, 5) is 24.1. The monoisotopic (exact) mass is 292 g/mol. The van der Waals surface area contributed by atoms with E-state index in [1.165, 1.54) is 23.1 Å². The molecule has 98 valence electrons. The van der Waals surface area contributed by atoms with Crippen LogP contribution in [0.5, 0.6) is 0 Å². The highest BCUT2D eigenvalue weighted by Crippen LogP contribution is 2.20. The van der Waals surface area contributed by atoms with Gasteiger partial charge in [-0.15, -0.1) is 23.1 Å². The van der Waals surface area contributed by atoms with Gasteiger partial charge in [0.15, 0.2) is 0 Å². The summed E-state index contributed by atoms with van der Waals surface area (Å²) < 4.78 is 0. The van der Waals surface area contributed by atoms with Gasteiger partial charge in [0.2, 0.25) is 5.91 Å². The van der Waals surface area contributed by atoms with Crippen LogP contribution in [0.3, 0.4) is 0 Å². The average Bonchev–Trinajstić information content (AvgIpc) is 2.92. The summed E-state index contributed by atoms with van der Waals surface area (Å²) in [6, 6.07) is 10.9. The lowest BCUT2D eigenvalue weighted by atomic mass is 10.3. The molecule has 1 aromatic heterocycles. The van der Waals surface area contributed by atoms with Gasteiger partial charge >= 0.3 is 0 Å². The van der Waals surface area contributed by atoms with Crippen LogP contribution in [0.25, 0.3) is 0 Å². The Morgan fingerprint density at radius 3 is 2.53 bits per heavy atom. The number of anilines is 1. The summed E-state index contributed by atoms with van der Waals surface area (Å²) >= 11 is 2.77. The van der Waals surface area contributed by atoms with Gasteiger partial charge in [-0.05, 0) is 35.7 Å². The molecule has 0 fully saturated rings. The number of hydrogen-bond acceptors (Lipinski definition) is 4. The second-order valence-electron chi connectivity index (χ2n) is 3.71. The van der Waals surface area contributed by atoms with Crippen LogP contribution in [-0.4, -0.2) is 17.6 Å². The number of primary amides is 1. The highest BCUT2D eigenvalue weighted by atomic mass is 32.2. The topological polar surface area (TPSA) is 72.2 Å². The van der Waals surface area contributed by atoms with Gasteiger partial charge in [-0.2, -0.15) is 0 Å². The van der Waals surface area contributed by atoms with Crippen LogP contribution in [-0.2, 0) is 4.79 Å². The van der Waals surface area contributed by atoms with Crippen LogP contribution >= 0.6 is 23.1 Å². The first-order valence-electron chi connectivity index (χ1n) is 5.51. The Morgan fingerprint density at radius 1 is 1.21 bits per heavy atom. The van der Waals surface area contributed by atoms with Crippen molar-refractivity contribution >= 4 is 40.6 Å². The largest absolute Gasteiger partial charge is 0.369 e. The van der Waals surface area contributed by atoms with Gasteiger partial charge in [0.1, 0.15) is 0 Å². The molecule has 0 aliphatic rings. The number of thiophene rings is 1. The van der Waals surface area contributed by atoms with Crippen LogP contribution in [0.15, 0.2) is 46.7 Å². The van der Waals surface area contributed by atoms with Gasteiger partial charge in [-0.1, -0.05) is 6.07 Å². The lowest BCUT2D eigenvalue weighted by molar-refractivity contribution is -0.115. The lowest BCUT2D eigenvalue weighted by Crippen LogP contribution is -2.13. The van der Waals surface area contributed by atoms with E-state index in [1.54, 1.807) is 18.2 Å². The van der Waals surface area contributed by atoms with Gasteiger partial charge in [0.05, 0.1) is 10.6 Å². The lowest BCUT2D eigenvalue weighted by Gasteiger charge is -2.04. The summed E-state index contributed by atoms with van der Waals surface area (Å²) in [5.41, 5.74) is 5.80. The number of rotatable bonds is 5. The first kappa shape index (κ1) is 13.6. The van der Waals surface area contributed by atoms with E-state index in [0.29, 0.717) is 4.88 Å². The molecule has 2 aromatic rings. The molecule has 0 atom stereocenters. The maximum Gasteiger partial charge on any atom is 0.265 e. The van der Waals surface area contributed by atoms with Gasteiger partial charge in [0.25, 0.3) is 5.91 Å². The van der Waals surface area contributed by atoms with E-state index in [2.05, 4.69) is 5.32 Å². The average molecular weight is 292 g/mol. The minimum Gasteiger partial charge on any atom is -0.369 e. The van der Waals surface area contributed by atoms with Gasteiger partial charge in [-0.25, -0.2) is 0 Å². The van der Waals surface area contributed by atoms with Gasteiger partial charge < -0.3 is 11.1 Å². The molecule has 0 aliphatic heterocycles. The van der Waals surface area contributed by atoms with Crippen molar-refractivity contribution in [2.45, 2.75) is 4.90 Å². The quantitative estimate of drug-likeness (QED) is 0.832. The molecule has 0 aliphatic carbocycles. The van der Waals surface area contributed by atoms with Crippen LogP contribution < -0.4 is 11.1 Å². The SMILES string of the molecule is NC(=O)CSc1ccc(NC(=O)c2cccs2)cc1. The minimum atomic E-state index is -0.347. The minimum absolute atomic E-state index is 0.118. The Bertz CT molecular complexity index is 565.